The summed E-state index contributed by atoms with van der Waals surface area (Å²) in [6.45, 7) is 2.68. The number of rotatable bonds is 5. The maximum absolute atomic E-state index is 13.0. The fraction of sp³-hybridized carbons (Fsp3) is 0.267. The summed E-state index contributed by atoms with van der Waals surface area (Å²) < 4.78 is 11.1. The van der Waals surface area contributed by atoms with Gasteiger partial charge < -0.3 is 9.47 Å². The molecule has 1 fully saturated rings. The van der Waals surface area contributed by atoms with Crippen molar-refractivity contribution in [3.8, 4) is 16.9 Å². The van der Waals surface area contributed by atoms with E-state index in [4.69, 9.17) is 4.74 Å². The van der Waals surface area contributed by atoms with Crippen LogP contribution < -0.4 is 4.74 Å². The number of ether oxygens (including phenoxy) is 2. The third-order valence-corrected chi connectivity index (χ3v) is 6.96. The van der Waals surface area contributed by atoms with Crippen molar-refractivity contribution in [1.82, 2.24) is 4.90 Å². The lowest BCUT2D eigenvalue weighted by Gasteiger charge is -2.44. The average Bonchev–Trinajstić information content (AvgIpc) is 2.90. The molecular weight excluding hydrogens is 438 g/mol. The molecule has 3 aromatic rings. The highest BCUT2D eigenvalue weighted by Gasteiger charge is 2.42. The summed E-state index contributed by atoms with van der Waals surface area (Å²) in [5.41, 5.74) is 4.67. The number of Topliss-reactive ketones (excluding diaryl/α,β-unsaturated/α-hetero) is 1. The van der Waals surface area contributed by atoms with Crippen molar-refractivity contribution in [2.24, 2.45) is 0 Å². The molecule has 1 saturated heterocycles. The number of methoxy groups -OCH3 is 1. The Balaban J connectivity index is 1.20. The summed E-state index contributed by atoms with van der Waals surface area (Å²) in [7, 11) is 1.34. The van der Waals surface area contributed by atoms with Crippen molar-refractivity contribution in [3.05, 3.63) is 95.6 Å². The van der Waals surface area contributed by atoms with Gasteiger partial charge in [-0.05, 0) is 40.5 Å². The predicted molar refractivity (Wildman–Crippen MR) is 136 cm³/mol. The largest absolute Gasteiger partial charge is 0.486 e. The molecule has 5 nitrogen and oxygen atoms in total. The molecule has 5 rings (SSSR count). The second-order valence-corrected chi connectivity index (χ2v) is 9.34. The van der Waals surface area contributed by atoms with Crippen LogP contribution in [0.5, 0.6) is 5.75 Å². The number of fused-ring (bicyclic) bond motifs is 1. The lowest BCUT2D eigenvalue weighted by Crippen LogP contribution is -2.50. The number of likely N-dealkylation sites (tertiary alicyclic amines) is 1. The van der Waals surface area contributed by atoms with E-state index in [2.05, 4.69) is 58.2 Å². The minimum absolute atomic E-state index is 0.101. The van der Waals surface area contributed by atoms with Crippen LogP contribution in [0.4, 0.5) is 0 Å². The van der Waals surface area contributed by atoms with Crippen LogP contribution in [0, 0.1) is 0 Å². The minimum atomic E-state index is -0.429. The SMILES string of the molecule is COC(=O)/C=C/c1ccc2c(c1)C(=O)CC1(CCN(Cc3ccc(-c4ccccc4)cc3)CC1)O2. The molecule has 0 radical (unpaired) electrons. The second-order valence-electron chi connectivity index (χ2n) is 9.34. The van der Waals surface area contributed by atoms with Crippen LogP contribution in [0.3, 0.4) is 0 Å². The standard InChI is InChI=1S/C30H29NO4/c1-34-29(33)14-10-22-9-13-28-26(19-22)27(32)20-30(35-28)15-17-31(18-16-30)21-23-7-11-25(12-8-23)24-5-3-2-4-6-24/h2-14,19H,15-18,20-21H2,1H3/b14-10+. The smallest absolute Gasteiger partial charge is 0.330 e. The first-order valence-corrected chi connectivity index (χ1v) is 12.0. The fourth-order valence-corrected chi connectivity index (χ4v) is 4.94. The summed E-state index contributed by atoms with van der Waals surface area (Å²) in [4.78, 5) is 26.8. The molecule has 1 spiro atoms. The van der Waals surface area contributed by atoms with E-state index in [0.717, 1.165) is 38.0 Å². The Labute approximate surface area is 206 Å². The van der Waals surface area contributed by atoms with Gasteiger partial charge in [-0.2, -0.15) is 0 Å². The zero-order chi connectivity index (χ0) is 24.3. The number of ketones is 1. The third-order valence-electron chi connectivity index (χ3n) is 6.96. The molecule has 0 saturated carbocycles. The van der Waals surface area contributed by atoms with Gasteiger partial charge in [0.05, 0.1) is 19.1 Å². The number of nitrogens with zero attached hydrogens (tertiary/aromatic N) is 1. The summed E-state index contributed by atoms with van der Waals surface area (Å²) >= 11 is 0. The van der Waals surface area contributed by atoms with Crippen molar-refractivity contribution < 1.29 is 19.1 Å². The molecule has 35 heavy (non-hydrogen) atoms. The Kier molecular flexibility index (Phi) is 6.51. The Morgan fingerprint density at radius 1 is 1.00 bits per heavy atom. The number of benzene rings is 3. The van der Waals surface area contributed by atoms with Crippen LogP contribution in [-0.2, 0) is 16.1 Å². The fourth-order valence-electron chi connectivity index (χ4n) is 4.94. The molecule has 0 aromatic heterocycles. The molecular formula is C30H29NO4. The normalized spacial score (nSPS) is 17.2. The first kappa shape index (κ1) is 23.1. The number of carbonyl (C=O) groups is 2. The van der Waals surface area contributed by atoms with Gasteiger partial charge in [-0.1, -0.05) is 60.7 Å². The highest BCUT2D eigenvalue weighted by molar-refractivity contribution is 6.01. The molecule has 178 valence electrons. The highest BCUT2D eigenvalue weighted by atomic mass is 16.5. The van der Waals surface area contributed by atoms with E-state index in [0.29, 0.717) is 17.7 Å². The molecule has 0 unspecified atom stereocenters. The summed E-state index contributed by atoms with van der Waals surface area (Å²) in [5.74, 6) is 0.314. The Bertz CT molecular complexity index is 1240. The number of esters is 1. The topological polar surface area (TPSA) is 55.8 Å². The summed E-state index contributed by atoms with van der Waals surface area (Å²) in [6.07, 6.45) is 5.04. The number of piperidine rings is 1. The zero-order valence-corrected chi connectivity index (χ0v) is 19.9. The van der Waals surface area contributed by atoms with Gasteiger partial charge in [-0.25, -0.2) is 4.79 Å². The molecule has 2 aliphatic heterocycles. The van der Waals surface area contributed by atoms with Gasteiger partial charge in [0, 0.05) is 38.6 Å². The van der Waals surface area contributed by atoms with Crippen molar-refractivity contribution >= 4 is 17.8 Å². The molecule has 0 atom stereocenters. The van der Waals surface area contributed by atoms with Crippen LogP contribution in [0.1, 0.15) is 40.7 Å². The molecule has 2 heterocycles. The quantitative estimate of drug-likeness (QED) is 0.364. The van der Waals surface area contributed by atoms with Gasteiger partial charge in [-0.15, -0.1) is 0 Å². The van der Waals surface area contributed by atoms with E-state index in [-0.39, 0.29) is 5.78 Å². The van der Waals surface area contributed by atoms with Crippen LogP contribution in [0.15, 0.2) is 78.9 Å². The van der Waals surface area contributed by atoms with Crippen molar-refractivity contribution in [1.29, 1.82) is 0 Å². The van der Waals surface area contributed by atoms with Crippen molar-refractivity contribution in [2.75, 3.05) is 20.2 Å². The Morgan fingerprint density at radius 3 is 2.43 bits per heavy atom. The summed E-state index contributed by atoms with van der Waals surface area (Å²) in [5, 5.41) is 0. The first-order chi connectivity index (χ1) is 17.0. The first-order valence-electron chi connectivity index (χ1n) is 12.0. The second kappa shape index (κ2) is 9.88. The van der Waals surface area contributed by atoms with E-state index >= 15 is 0 Å². The monoisotopic (exact) mass is 467 g/mol. The molecule has 0 N–H and O–H groups in total. The molecule has 3 aromatic carbocycles. The van der Waals surface area contributed by atoms with Crippen LogP contribution in [0.2, 0.25) is 0 Å². The van der Waals surface area contributed by atoms with Gasteiger partial charge >= 0.3 is 5.97 Å². The van der Waals surface area contributed by atoms with Gasteiger partial charge in [-0.3, -0.25) is 9.69 Å². The minimum Gasteiger partial charge on any atom is -0.486 e. The van der Waals surface area contributed by atoms with Crippen LogP contribution in [-0.4, -0.2) is 42.5 Å². The summed E-state index contributed by atoms with van der Waals surface area (Å²) in [6, 6.07) is 24.7. The van der Waals surface area contributed by atoms with Gasteiger partial charge in [0.15, 0.2) is 5.78 Å². The molecule has 5 heteroatoms. The predicted octanol–water partition coefficient (Wildman–Crippen LogP) is 5.54. The van der Waals surface area contributed by atoms with Crippen LogP contribution in [0.25, 0.3) is 17.2 Å². The Morgan fingerprint density at radius 2 is 1.71 bits per heavy atom. The molecule has 2 aliphatic rings. The van der Waals surface area contributed by atoms with E-state index in [1.807, 2.05) is 18.2 Å². The maximum Gasteiger partial charge on any atom is 0.330 e. The molecule has 0 aliphatic carbocycles. The average molecular weight is 468 g/mol. The van der Waals surface area contributed by atoms with E-state index in [9.17, 15) is 9.59 Å². The number of hydrogen-bond donors (Lipinski definition) is 0. The highest BCUT2D eigenvalue weighted by Crippen LogP contribution is 2.40. The molecule has 0 amide bonds. The van der Waals surface area contributed by atoms with E-state index in [1.54, 1.807) is 12.1 Å². The zero-order valence-electron chi connectivity index (χ0n) is 19.9. The van der Waals surface area contributed by atoms with Crippen molar-refractivity contribution in [2.45, 2.75) is 31.4 Å². The molecule has 0 bridgehead atoms. The van der Waals surface area contributed by atoms with Crippen LogP contribution >= 0.6 is 0 Å². The van der Waals surface area contributed by atoms with Crippen molar-refractivity contribution in [3.63, 3.8) is 0 Å². The van der Waals surface area contributed by atoms with E-state index in [1.165, 1.54) is 29.9 Å². The third kappa shape index (κ3) is 5.20. The number of carbonyl (C=O) groups excluding carboxylic acids is 2. The number of hydrogen-bond acceptors (Lipinski definition) is 5. The Hall–Kier alpha value is -3.70. The van der Waals surface area contributed by atoms with E-state index < -0.39 is 11.6 Å². The van der Waals surface area contributed by atoms with Gasteiger partial charge in [0.2, 0.25) is 0 Å². The van der Waals surface area contributed by atoms with Gasteiger partial charge in [0.25, 0.3) is 0 Å². The van der Waals surface area contributed by atoms with Gasteiger partial charge in [0.1, 0.15) is 11.4 Å². The lowest BCUT2D eigenvalue weighted by molar-refractivity contribution is -0.134. The maximum atomic E-state index is 13.0. The lowest BCUT2D eigenvalue weighted by atomic mass is 9.82.